The van der Waals surface area contributed by atoms with E-state index in [0.717, 1.165) is 11.6 Å². The number of esters is 4. The van der Waals surface area contributed by atoms with Gasteiger partial charge in [-0.25, -0.2) is 19.2 Å². The van der Waals surface area contributed by atoms with Gasteiger partial charge in [0, 0.05) is 30.6 Å². The minimum atomic E-state index is -1.51. The summed E-state index contributed by atoms with van der Waals surface area (Å²) in [6.07, 6.45) is 1.60. The van der Waals surface area contributed by atoms with E-state index in [9.17, 15) is 19.2 Å². The Balaban J connectivity index is 2.06. The zero-order valence-corrected chi connectivity index (χ0v) is 24.2. The fourth-order valence-electron chi connectivity index (χ4n) is 6.81. The molecule has 42 heavy (non-hydrogen) atoms. The standard InChI is InChI=1S/C31H31NO10/c1-37-21-13-16-11-12-32-15-20(29(35)41-5)26(30(36)42-6)31(32)24(16)23(27(21)39-3)17-9-7-8-10-18(17)25(31)19(28(34)40-4)14-22(33)38-2/h7-10,13-14,25H,11-12,15H2,1-6H3. The van der Waals surface area contributed by atoms with Crippen molar-refractivity contribution >= 4 is 23.9 Å². The summed E-state index contributed by atoms with van der Waals surface area (Å²) in [5, 5.41) is 0. The second-order valence-corrected chi connectivity index (χ2v) is 9.93. The van der Waals surface area contributed by atoms with Crippen molar-refractivity contribution in [3.63, 3.8) is 0 Å². The SMILES string of the molecule is COC(=O)C=C(C(=O)OC)C1c2ccccc2-c2c(OC)c(OC)cc3c2C12C(C(=O)OC)=C(C(=O)OC)CN2CC3. The van der Waals surface area contributed by atoms with Crippen LogP contribution in [-0.4, -0.2) is 84.5 Å². The number of methoxy groups -OCH3 is 6. The normalized spacial score (nSPS) is 20.5. The summed E-state index contributed by atoms with van der Waals surface area (Å²) >= 11 is 0. The molecule has 1 aliphatic carbocycles. The summed E-state index contributed by atoms with van der Waals surface area (Å²) in [5.74, 6) is -3.22. The quantitative estimate of drug-likeness (QED) is 0.274. The Bertz CT molecular complexity index is 1570. The van der Waals surface area contributed by atoms with Crippen LogP contribution in [0.4, 0.5) is 0 Å². The predicted molar refractivity (Wildman–Crippen MR) is 148 cm³/mol. The number of nitrogens with zero attached hydrogens (tertiary/aromatic N) is 1. The van der Waals surface area contributed by atoms with Crippen LogP contribution >= 0.6 is 0 Å². The average molecular weight is 578 g/mol. The summed E-state index contributed by atoms with van der Waals surface area (Å²) in [6, 6.07) is 9.15. The highest BCUT2D eigenvalue weighted by molar-refractivity contribution is 6.07. The molecule has 11 nitrogen and oxygen atoms in total. The van der Waals surface area contributed by atoms with E-state index < -0.39 is 35.3 Å². The third-order valence-corrected chi connectivity index (χ3v) is 8.30. The van der Waals surface area contributed by atoms with E-state index in [1.807, 2.05) is 29.2 Å². The maximum Gasteiger partial charge on any atom is 0.336 e. The van der Waals surface area contributed by atoms with Gasteiger partial charge in [0.25, 0.3) is 0 Å². The number of carbonyl (C=O) groups excluding carboxylic acids is 4. The first-order chi connectivity index (χ1) is 20.2. The lowest BCUT2D eigenvalue weighted by Crippen LogP contribution is -2.56. The molecule has 2 aliphatic heterocycles. The first-order valence-corrected chi connectivity index (χ1v) is 13.2. The predicted octanol–water partition coefficient (Wildman–Crippen LogP) is 2.45. The van der Waals surface area contributed by atoms with Crippen molar-refractivity contribution in [1.29, 1.82) is 0 Å². The van der Waals surface area contributed by atoms with E-state index in [1.165, 1.54) is 35.5 Å². The maximum absolute atomic E-state index is 13.9. The number of rotatable bonds is 7. The summed E-state index contributed by atoms with van der Waals surface area (Å²) in [7, 11) is 7.92. The molecule has 0 amide bonds. The molecule has 2 aromatic rings. The number of benzene rings is 2. The molecule has 2 atom stereocenters. The van der Waals surface area contributed by atoms with Gasteiger partial charge in [-0.2, -0.15) is 0 Å². The van der Waals surface area contributed by atoms with Gasteiger partial charge < -0.3 is 28.4 Å². The van der Waals surface area contributed by atoms with E-state index in [-0.39, 0.29) is 23.3 Å². The zero-order chi connectivity index (χ0) is 30.3. The minimum absolute atomic E-state index is 0.00504. The van der Waals surface area contributed by atoms with Crippen LogP contribution in [0.1, 0.15) is 22.6 Å². The molecule has 2 heterocycles. The van der Waals surface area contributed by atoms with Gasteiger partial charge in [0.2, 0.25) is 0 Å². The second kappa shape index (κ2) is 11.0. The number of carbonyl (C=O) groups is 4. The van der Waals surface area contributed by atoms with Crippen LogP contribution < -0.4 is 9.47 Å². The molecule has 0 saturated carbocycles. The summed E-state index contributed by atoms with van der Waals surface area (Å²) in [6.45, 7) is 0.407. The van der Waals surface area contributed by atoms with E-state index in [4.69, 9.17) is 28.4 Å². The molecule has 2 unspecified atom stereocenters. The van der Waals surface area contributed by atoms with E-state index >= 15 is 0 Å². The monoisotopic (exact) mass is 577 g/mol. The van der Waals surface area contributed by atoms with Crippen molar-refractivity contribution in [2.45, 2.75) is 17.9 Å². The lowest BCUT2D eigenvalue weighted by Gasteiger charge is -2.53. The van der Waals surface area contributed by atoms with Crippen LogP contribution in [0.3, 0.4) is 0 Å². The fraction of sp³-hybridized carbons (Fsp3) is 0.355. The van der Waals surface area contributed by atoms with Crippen LogP contribution in [0.15, 0.2) is 53.1 Å². The molecule has 2 aromatic carbocycles. The van der Waals surface area contributed by atoms with Crippen LogP contribution in [0, 0.1) is 0 Å². The van der Waals surface area contributed by atoms with Crippen molar-refractivity contribution in [2.75, 3.05) is 55.7 Å². The topological polar surface area (TPSA) is 127 Å². The van der Waals surface area contributed by atoms with Crippen molar-refractivity contribution in [3.8, 4) is 22.6 Å². The van der Waals surface area contributed by atoms with Gasteiger partial charge in [-0.3, -0.25) is 4.90 Å². The molecule has 11 heteroatoms. The Morgan fingerprint density at radius 1 is 0.905 bits per heavy atom. The number of fused-ring (bicyclic) bond motifs is 2. The highest BCUT2D eigenvalue weighted by Gasteiger charge is 2.64. The highest BCUT2D eigenvalue weighted by Crippen LogP contribution is 2.65. The molecule has 0 bridgehead atoms. The Kier molecular flexibility index (Phi) is 7.55. The maximum atomic E-state index is 13.9. The van der Waals surface area contributed by atoms with Crippen molar-refractivity contribution in [1.82, 2.24) is 4.90 Å². The molecule has 0 fully saturated rings. The fourth-order valence-corrected chi connectivity index (χ4v) is 6.81. The van der Waals surface area contributed by atoms with Gasteiger partial charge in [-0.05, 0) is 34.7 Å². The van der Waals surface area contributed by atoms with Crippen LogP contribution in [0.5, 0.6) is 11.5 Å². The molecule has 1 spiro atoms. The second-order valence-electron chi connectivity index (χ2n) is 9.93. The zero-order valence-electron chi connectivity index (χ0n) is 24.2. The number of hydrogen-bond donors (Lipinski definition) is 0. The minimum Gasteiger partial charge on any atom is -0.493 e. The first kappa shape index (κ1) is 28.9. The van der Waals surface area contributed by atoms with Crippen LogP contribution in [0.25, 0.3) is 11.1 Å². The molecule has 220 valence electrons. The Hall–Kier alpha value is -4.64. The van der Waals surface area contributed by atoms with Gasteiger partial charge in [0.15, 0.2) is 11.5 Å². The molecule has 0 N–H and O–H groups in total. The smallest absolute Gasteiger partial charge is 0.336 e. The Morgan fingerprint density at radius 2 is 1.62 bits per heavy atom. The molecule has 5 rings (SSSR count). The molecular formula is C31H31NO10. The largest absolute Gasteiger partial charge is 0.493 e. The van der Waals surface area contributed by atoms with E-state index in [2.05, 4.69) is 0 Å². The van der Waals surface area contributed by atoms with Crippen LogP contribution in [0.2, 0.25) is 0 Å². The van der Waals surface area contributed by atoms with Crippen molar-refractivity contribution in [3.05, 3.63) is 69.8 Å². The summed E-state index contributed by atoms with van der Waals surface area (Å²) in [4.78, 5) is 55.5. The number of ether oxygens (including phenoxy) is 6. The molecule has 0 saturated heterocycles. The third-order valence-electron chi connectivity index (χ3n) is 8.30. The van der Waals surface area contributed by atoms with E-state index in [0.29, 0.717) is 46.7 Å². The van der Waals surface area contributed by atoms with Gasteiger partial charge in [-0.15, -0.1) is 0 Å². The lowest BCUT2D eigenvalue weighted by molar-refractivity contribution is -0.140. The molecule has 3 aliphatic rings. The van der Waals surface area contributed by atoms with Gasteiger partial charge in [0.1, 0.15) is 0 Å². The average Bonchev–Trinajstić information content (AvgIpc) is 3.37. The highest BCUT2D eigenvalue weighted by atomic mass is 16.5. The van der Waals surface area contributed by atoms with Gasteiger partial charge in [-0.1, -0.05) is 24.3 Å². The Morgan fingerprint density at radius 3 is 2.24 bits per heavy atom. The summed E-state index contributed by atoms with van der Waals surface area (Å²) < 4.78 is 32.2. The summed E-state index contributed by atoms with van der Waals surface area (Å²) in [5.41, 5.74) is 1.87. The molecule has 0 radical (unpaired) electrons. The third kappa shape index (κ3) is 3.91. The molecule has 0 aromatic heterocycles. The lowest BCUT2D eigenvalue weighted by atomic mass is 9.58. The first-order valence-electron chi connectivity index (χ1n) is 13.2. The number of hydrogen-bond acceptors (Lipinski definition) is 11. The van der Waals surface area contributed by atoms with Crippen molar-refractivity contribution in [2.24, 2.45) is 0 Å². The van der Waals surface area contributed by atoms with Gasteiger partial charge in [0.05, 0.1) is 64.9 Å². The molecular weight excluding hydrogens is 546 g/mol. The van der Waals surface area contributed by atoms with E-state index in [1.54, 1.807) is 13.2 Å². The van der Waals surface area contributed by atoms with Crippen molar-refractivity contribution < 1.29 is 47.6 Å². The Labute approximate surface area is 242 Å². The van der Waals surface area contributed by atoms with Gasteiger partial charge >= 0.3 is 23.9 Å². The van der Waals surface area contributed by atoms with Crippen LogP contribution in [-0.2, 0) is 50.1 Å².